The molecule has 1 aliphatic rings. The van der Waals surface area contributed by atoms with E-state index in [1.54, 1.807) is 6.92 Å². The van der Waals surface area contributed by atoms with Gasteiger partial charge in [-0.15, -0.1) is 0 Å². The number of allylic oxidation sites excluding steroid dienone is 4. The summed E-state index contributed by atoms with van der Waals surface area (Å²) in [4.78, 5) is 0. The van der Waals surface area contributed by atoms with Crippen LogP contribution in [0.15, 0.2) is 23.8 Å². The smallest absolute Gasteiger partial charge is 0.103 e. The molecule has 0 aliphatic heterocycles. The number of halogens is 2. The molecule has 0 unspecified atom stereocenters. The summed E-state index contributed by atoms with van der Waals surface area (Å²) in [6.07, 6.45) is 2.69. The summed E-state index contributed by atoms with van der Waals surface area (Å²) in [5, 5.41) is 0. The van der Waals surface area contributed by atoms with Gasteiger partial charge in [0.1, 0.15) is 11.7 Å². The predicted octanol–water partition coefficient (Wildman–Crippen LogP) is 2.73. The van der Waals surface area contributed by atoms with Crippen LogP contribution < -0.4 is 0 Å². The lowest BCUT2D eigenvalue weighted by Gasteiger charge is -2.06. The summed E-state index contributed by atoms with van der Waals surface area (Å²) in [7, 11) is 0. The summed E-state index contributed by atoms with van der Waals surface area (Å²) in [5.41, 5.74) is 0. The van der Waals surface area contributed by atoms with Crippen LogP contribution in [0, 0.1) is 5.92 Å². The number of hydrogen-bond donors (Lipinski definition) is 0. The van der Waals surface area contributed by atoms with Crippen molar-refractivity contribution in [1.82, 2.24) is 0 Å². The Balaban J connectivity index is 2.69. The van der Waals surface area contributed by atoms with Crippen LogP contribution in [0.3, 0.4) is 0 Å². The maximum Gasteiger partial charge on any atom is 0.103 e. The molecule has 9 heavy (non-hydrogen) atoms. The lowest BCUT2D eigenvalue weighted by atomic mass is 10.0. The van der Waals surface area contributed by atoms with Crippen LogP contribution in [-0.4, -0.2) is 0 Å². The van der Waals surface area contributed by atoms with Crippen LogP contribution in [0.25, 0.3) is 0 Å². The fraction of sp³-hybridized carbons (Fsp3) is 0.429. The molecule has 0 fully saturated rings. The molecule has 0 saturated carbocycles. The average Bonchev–Trinajstić information content (AvgIpc) is 1.59. The fourth-order valence-electron chi connectivity index (χ4n) is 0.898. The summed E-state index contributed by atoms with van der Waals surface area (Å²) in [6.45, 7) is 1.75. The molecule has 0 atom stereocenters. The molecule has 0 bridgehead atoms. The second kappa shape index (κ2) is 2.29. The van der Waals surface area contributed by atoms with Crippen LogP contribution in [-0.2, 0) is 0 Å². The topological polar surface area (TPSA) is 0 Å². The standard InChI is InChI=1S/C7H8F2/c1-5-2-6(8)4-7(9)3-5/h2-3,5H,4H2,1H3. The first-order valence-electron chi connectivity index (χ1n) is 2.91. The third-order valence-electron chi connectivity index (χ3n) is 1.23. The van der Waals surface area contributed by atoms with Crippen LogP contribution in [0.1, 0.15) is 13.3 Å². The zero-order valence-electron chi connectivity index (χ0n) is 5.20. The van der Waals surface area contributed by atoms with Gasteiger partial charge in [-0.2, -0.15) is 0 Å². The quantitative estimate of drug-likeness (QED) is 0.473. The molecular formula is C7H8F2. The molecule has 0 N–H and O–H groups in total. The van der Waals surface area contributed by atoms with Gasteiger partial charge < -0.3 is 0 Å². The van der Waals surface area contributed by atoms with E-state index in [9.17, 15) is 8.78 Å². The van der Waals surface area contributed by atoms with E-state index < -0.39 is 0 Å². The number of hydrogen-bond acceptors (Lipinski definition) is 0. The maximum atomic E-state index is 12.3. The van der Waals surface area contributed by atoms with Gasteiger partial charge in [-0.3, -0.25) is 0 Å². The third kappa shape index (κ3) is 1.63. The molecule has 1 rings (SSSR count). The SMILES string of the molecule is CC1C=C(F)CC(F)=C1. The molecule has 0 saturated heterocycles. The largest absolute Gasteiger partial charge is 0.212 e. The molecular weight excluding hydrogens is 122 g/mol. The average molecular weight is 130 g/mol. The summed E-state index contributed by atoms with van der Waals surface area (Å²) in [6, 6.07) is 0. The first-order chi connectivity index (χ1) is 4.18. The first-order valence-corrected chi connectivity index (χ1v) is 2.91. The van der Waals surface area contributed by atoms with Crippen molar-refractivity contribution in [2.45, 2.75) is 13.3 Å². The Morgan fingerprint density at radius 1 is 1.33 bits per heavy atom. The van der Waals surface area contributed by atoms with Crippen molar-refractivity contribution in [1.29, 1.82) is 0 Å². The van der Waals surface area contributed by atoms with Crippen molar-refractivity contribution in [3.8, 4) is 0 Å². The van der Waals surface area contributed by atoms with E-state index in [1.165, 1.54) is 12.2 Å². The van der Waals surface area contributed by atoms with Gasteiger partial charge in [0.25, 0.3) is 0 Å². The van der Waals surface area contributed by atoms with Crippen LogP contribution in [0.2, 0.25) is 0 Å². The maximum absolute atomic E-state index is 12.3. The first kappa shape index (κ1) is 6.46. The van der Waals surface area contributed by atoms with E-state index >= 15 is 0 Å². The van der Waals surface area contributed by atoms with E-state index in [0.717, 1.165) is 0 Å². The van der Waals surface area contributed by atoms with Gasteiger partial charge in [0.05, 0.1) is 6.42 Å². The molecule has 0 nitrogen and oxygen atoms in total. The lowest BCUT2D eigenvalue weighted by molar-refractivity contribution is 0.514. The Hall–Kier alpha value is -0.660. The Labute approximate surface area is 52.9 Å². The lowest BCUT2D eigenvalue weighted by Crippen LogP contribution is -1.93. The Bertz CT molecular complexity index is 150. The van der Waals surface area contributed by atoms with Gasteiger partial charge >= 0.3 is 0 Å². The van der Waals surface area contributed by atoms with Gasteiger partial charge in [-0.25, -0.2) is 8.78 Å². The van der Waals surface area contributed by atoms with Crippen LogP contribution in [0.5, 0.6) is 0 Å². The molecule has 50 valence electrons. The van der Waals surface area contributed by atoms with E-state index in [0.29, 0.717) is 0 Å². The second-order valence-electron chi connectivity index (χ2n) is 2.26. The Morgan fingerprint density at radius 2 is 1.78 bits per heavy atom. The molecule has 0 radical (unpaired) electrons. The Morgan fingerprint density at radius 3 is 2.11 bits per heavy atom. The zero-order valence-corrected chi connectivity index (χ0v) is 5.20. The zero-order chi connectivity index (χ0) is 6.85. The molecule has 0 spiro atoms. The molecule has 0 amide bonds. The minimum absolute atomic E-state index is 0.0845. The summed E-state index contributed by atoms with van der Waals surface area (Å²) >= 11 is 0. The minimum Gasteiger partial charge on any atom is -0.212 e. The van der Waals surface area contributed by atoms with Crippen molar-refractivity contribution in [3.63, 3.8) is 0 Å². The van der Waals surface area contributed by atoms with Crippen molar-refractivity contribution in [2.24, 2.45) is 5.92 Å². The van der Waals surface area contributed by atoms with Crippen molar-refractivity contribution in [3.05, 3.63) is 23.8 Å². The van der Waals surface area contributed by atoms with Crippen LogP contribution >= 0.6 is 0 Å². The van der Waals surface area contributed by atoms with E-state index in [2.05, 4.69) is 0 Å². The van der Waals surface area contributed by atoms with Crippen molar-refractivity contribution >= 4 is 0 Å². The van der Waals surface area contributed by atoms with E-state index in [-0.39, 0.29) is 24.0 Å². The third-order valence-corrected chi connectivity index (χ3v) is 1.23. The molecule has 0 aromatic carbocycles. The molecule has 2 heteroatoms. The highest BCUT2D eigenvalue weighted by atomic mass is 19.1. The van der Waals surface area contributed by atoms with Gasteiger partial charge in [0, 0.05) is 0 Å². The van der Waals surface area contributed by atoms with E-state index in [4.69, 9.17) is 0 Å². The van der Waals surface area contributed by atoms with Gasteiger partial charge in [-0.05, 0) is 18.1 Å². The minimum atomic E-state index is -0.359. The van der Waals surface area contributed by atoms with Gasteiger partial charge in [0.2, 0.25) is 0 Å². The molecule has 1 aliphatic carbocycles. The monoisotopic (exact) mass is 130 g/mol. The van der Waals surface area contributed by atoms with Crippen molar-refractivity contribution in [2.75, 3.05) is 0 Å². The van der Waals surface area contributed by atoms with Crippen LogP contribution in [0.4, 0.5) is 8.78 Å². The highest BCUT2D eigenvalue weighted by molar-refractivity contribution is 5.16. The molecule has 0 aromatic heterocycles. The normalized spacial score (nSPS) is 21.2. The van der Waals surface area contributed by atoms with Crippen molar-refractivity contribution < 1.29 is 8.78 Å². The van der Waals surface area contributed by atoms with E-state index in [1.807, 2.05) is 0 Å². The Kier molecular flexibility index (Phi) is 1.65. The molecule has 0 heterocycles. The number of rotatable bonds is 0. The van der Waals surface area contributed by atoms with Gasteiger partial charge in [-0.1, -0.05) is 6.92 Å². The predicted molar refractivity (Wildman–Crippen MR) is 32.2 cm³/mol. The molecule has 0 aromatic rings. The fourth-order valence-corrected chi connectivity index (χ4v) is 0.898. The second-order valence-corrected chi connectivity index (χ2v) is 2.26. The summed E-state index contributed by atoms with van der Waals surface area (Å²) in [5.74, 6) is -0.802. The highest BCUT2D eigenvalue weighted by Gasteiger charge is 2.09. The van der Waals surface area contributed by atoms with Gasteiger partial charge in [0.15, 0.2) is 0 Å². The highest BCUT2D eigenvalue weighted by Crippen LogP contribution is 2.23. The summed E-state index contributed by atoms with van der Waals surface area (Å²) < 4.78 is 24.5.